The normalized spacial score (nSPS) is 15.1. The zero-order valence-electron chi connectivity index (χ0n) is 15.9. The number of aromatic nitrogens is 3. The molecule has 2 aromatic rings. The van der Waals surface area contributed by atoms with Gasteiger partial charge in [-0.3, -0.25) is 4.90 Å². The van der Waals surface area contributed by atoms with E-state index in [2.05, 4.69) is 49.1 Å². The van der Waals surface area contributed by atoms with Crippen LogP contribution in [0.25, 0.3) is 0 Å². The van der Waals surface area contributed by atoms with Crippen LogP contribution in [-0.2, 0) is 6.42 Å². The first kappa shape index (κ1) is 19.6. The van der Waals surface area contributed by atoms with E-state index in [0.717, 1.165) is 69.4 Å². The Kier molecular flexibility index (Phi) is 7.06. The minimum atomic E-state index is 0.284. The van der Waals surface area contributed by atoms with Gasteiger partial charge in [-0.25, -0.2) is 0 Å². The first-order valence-corrected chi connectivity index (χ1v) is 9.99. The first-order valence-electron chi connectivity index (χ1n) is 9.61. The van der Waals surface area contributed by atoms with E-state index in [-0.39, 0.29) is 5.95 Å². The third-order valence-corrected chi connectivity index (χ3v) is 4.98. The molecule has 8 heteroatoms. The minimum Gasteiger partial charge on any atom is -0.369 e. The molecule has 2 heterocycles. The largest absolute Gasteiger partial charge is 0.369 e. The summed E-state index contributed by atoms with van der Waals surface area (Å²) in [4.78, 5) is 17.8. The summed E-state index contributed by atoms with van der Waals surface area (Å²) >= 11 is 5.97. The number of nitrogens with one attached hydrogen (secondary N) is 1. The van der Waals surface area contributed by atoms with Gasteiger partial charge in [0.1, 0.15) is 5.82 Å². The SMILES string of the molecule is CCCCNc1nc(N)nc(CCN2CCN(c3ccc(Cl)cc3)CC2)n1. The number of anilines is 3. The molecule has 0 aliphatic carbocycles. The van der Waals surface area contributed by atoms with Crippen molar-refractivity contribution >= 4 is 29.2 Å². The van der Waals surface area contributed by atoms with Crippen molar-refractivity contribution in [3.05, 3.63) is 35.1 Å². The van der Waals surface area contributed by atoms with Gasteiger partial charge in [0.2, 0.25) is 11.9 Å². The molecule has 7 nitrogen and oxygen atoms in total. The Morgan fingerprint density at radius 2 is 1.81 bits per heavy atom. The number of hydrogen-bond donors (Lipinski definition) is 2. The van der Waals surface area contributed by atoms with E-state index in [1.54, 1.807) is 0 Å². The quantitative estimate of drug-likeness (QED) is 0.671. The van der Waals surface area contributed by atoms with Crippen molar-refractivity contribution in [2.24, 2.45) is 0 Å². The second kappa shape index (κ2) is 9.71. The van der Waals surface area contributed by atoms with Gasteiger partial charge in [0, 0.05) is 56.4 Å². The standard InChI is InChI=1S/C19H28ClN7/c1-2-3-9-22-19-24-17(23-18(21)25-19)8-10-26-11-13-27(14-12-26)16-6-4-15(20)5-7-16/h4-7H,2-3,8-14H2,1H3,(H3,21,22,23,24,25). The van der Waals surface area contributed by atoms with Gasteiger partial charge in [-0.2, -0.15) is 15.0 Å². The molecule has 1 aromatic carbocycles. The minimum absolute atomic E-state index is 0.284. The zero-order valence-corrected chi connectivity index (χ0v) is 16.6. The topological polar surface area (TPSA) is 83.2 Å². The molecule has 1 aromatic heterocycles. The van der Waals surface area contributed by atoms with Gasteiger partial charge in [-0.05, 0) is 30.7 Å². The van der Waals surface area contributed by atoms with Crippen LogP contribution in [0.2, 0.25) is 5.02 Å². The lowest BCUT2D eigenvalue weighted by Gasteiger charge is -2.36. The average molecular weight is 390 g/mol. The van der Waals surface area contributed by atoms with Crippen molar-refractivity contribution in [2.75, 3.05) is 55.2 Å². The average Bonchev–Trinajstić information content (AvgIpc) is 2.67. The molecule has 1 aliphatic heterocycles. The monoisotopic (exact) mass is 389 g/mol. The van der Waals surface area contributed by atoms with Crippen LogP contribution in [0.4, 0.5) is 17.6 Å². The van der Waals surface area contributed by atoms with Crippen LogP contribution < -0.4 is 16.0 Å². The first-order chi connectivity index (χ1) is 13.1. The Morgan fingerprint density at radius 3 is 2.52 bits per heavy atom. The van der Waals surface area contributed by atoms with Gasteiger partial charge in [-0.1, -0.05) is 24.9 Å². The highest BCUT2D eigenvalue weighted by molar-refractivity contribution is 6.30. The second-order valence-corrected chi connectivity index (χ2v) is 7.21. The molecule has 1 saturated heterocycles. The Hall–Kier alpha value is -2.12. The number of halogens is 1. The van der Waals surface area contributed by atoms with Gasteiger partial charge in [0.25, 0.3) is 0 Å². The van der Waals surface area contributed by atoms with Crippen LogP contribution >= 0.6 is 11.6 Å². The Labute approximate surface area is 166 Å². The number of nitrogens with zero attached hydrogens (tertiary/aromatic N) is 5. The summed E-state index contributed by atoms with van der Waals surface area (Å²) in [7, 11) is 0. The van der Waals surface area contributed by atoms with E-state index in [0.29, 0.717) is 5.95 Å². The maximum Gasteiger partial charge on any atom is 0.227 e. The summed E-state index contributed by atoms with van der Waals surface area (Å²) in [6.45, 7) is 7.98. The number of hydrogen-bond acceptors (Lipinski definition) is 7. The molecule has 0 atom stereocenters. The molecule has 0 amide bonds. The summed E-state index contributed by atoms with van der Waals surface area (Å²) in [5, 5.41) is 4.00. The summed E-state index contributed by atoms with van der Waals surface area (Å²) in [6.07, 6.45) is 2.98. The van der Waals surface area contributed by atoms with Gasteiger partial charge in [0.15, 0.2) is 0 Å². The van der Waals surface area contributed by atoms with Crippen LogP contribution in [0.3, 0.4) is 0 Å². The lowest BCUT2D eigenvalue weighted by atomic mass is 10.2. The zero-order chi connectivity index (χ0) is 19.1. The Morgan fingerprint density at radius 1 is 1.07 bits per heavy atom. The highest BCUT2D eigenvalue weighted by Crippen LogP contribution is 2.19. The van der Waals surface area contributed by atoms with E-state index in [1.165, 1.54) is 5.69 Å². The fourth-order valence-electron chi connectivity index (χ4n) is 3.15. The van der Waals surface area contributed by atoms with Crippen LogP contribution in [0.15, 0.2) is 24.3 Å². The van der Waals surface area contributed by atoms with Gasteiger partial charge >= 0.3 is 0 Å². The summed E-state index contributed by atoms with van der Waals surface area (Å²) in [5.41, 5.74) is 7.06. The molecule has 0 spiro atoms. The maximum atomic E-state index is 5.97. The maximum absolute atomic E-state index is 5.97. The molecule has 3 rings (SSSR count). The van der Waals surface area contributed by atoms with Crippen molar-refractivity contribution in [3.63, 3.8) is 0 Å². The number of benzene rings is 1. The van der Waals surface area contributed by atoms with E-state index in [9.17, 15) is 0 Å². The third-order valence-electron chi connectivity index (χ3n) is 4.73. The molecule has 27 heavy (non-hydrogen) atoms. The van der Waals surface area contributed by atoms with Crippen molar-refractivity contribution in [1.82, 2.24) is 19.9 Å². The number of nitrogens with two attached hydrogens (primary N) is 1. The number of unbranched alkanes of at least 4 members (excludes halogenated alkanes) is 1. The Balaban J connectivity index is 1.47. The fraction of sp³-hybridized carbons (Fsp3) is 0.526. The molecular formula is C19H28ClN7. The summed E-state index contributed by atoms with van der Waals surface area (Å²) in [6, 6.07) is 8.05. The highest BCUT2D eigenvalue weighted by atomic mass is 35.5. The predicted octanol–water partition coefficient (Wildman–Crippen LogP) is 2.68. The predicted molar refractivity (Wildman–Crippen MR) is 111 cm³/mol. The number of piperazine rings is 1. The van der Waals surface area contributed by atoms with Crippen molar-refractivity contribution in [1.29, 1.82) is 0 Å². The fourth-order valence-corrected chi connectivity index (χ4v) is 3.27. The molecule has 0 unspecified atom stereocenters. The van der Waals surface area contributed by atoms with Gasteiger partial charge in [-0.15, -0.1) is 0 Å². The van der Waals surface area contributed by atoms with Crippen molar-refractivity contribution in [2.45, 2.75) is 26.2 Å². The van der Waals surface area contributed by atoms with Crippen LogP contribution in [0, 0.1) is 0 Å². The smallest absolute Gasteiger partial charge is 0.227 e. The Bertz CT molecular complexity index is 714. The molecule has 3 N–H and O–H groups in total. The van der Waals surface area contributed by atoms with Crippen LogP contribution in [0.5, 0.6) is 0 Å². The summed E-state index contributed by atoms with van der Waals surface area (Å²) in [5.74, 6) is 1.62. The molecule has 1 fully saturated rings. The van der Waals surface area contributed by atoms with Crippen LogP contribution in [0.1, 0.15) is 25.6 Å². The molecular weight excluding hydrogens is 362 g/mol. The molecule has 0 radical (unpaired) electrons. The van der Waals surface area contributed by atoms with Gasteiger partial charge < -0.3 is 16.0 Å². The van der Waals surface area contributed by atoms with E-state index >= 15 is 0 Å². The summed E-state index contributed by atoms with van der Waals surface area (Å²) < 4.78 is 0. The van der Waals surface area contributed by atoms with E-state index in [1.807, 2.05) is 12.1 Å². The van der Waals surface area contributed by atoms with Crippen molar-refractivity contribution < 1.29 is 0 Å². The highest BCUT2D eigenvalue weighted by Gasteiger charge is 2.17. The van der Waals surface area contributed by atoms with Gasteiger partial charge in [0.05, 0.1) is 0 Å². The second-order valence-electron chi connectivity index (χ2n) is 6.77. The molecule has 146 valence electrons. The number of nitrogen functional groups attached to an aromatic ring is 1. The lowest BCUT2D eigenvalue weighted by Crippen LogP contribution is -2.47. The van der Waals surface area contributed by atoms with Crippen molar-refractivity contribution in [3.8, 4) is 0 Å². The number of rotatable bonds is 8. The van der Waals surface area contributed by atoms with E-state index in [4.69, 9.17) is 17.3 Å². The molecule has 0 bridgehead atoms. The van der Waals surface area contributed by atoms with E-state index < -0.39 is 0 Å². The molecule has 0 saturated carbocycles. The third kappa shape index (κ3) is 5.94. The lowest BCUT2D eigenvalue weighted by molar-refractivity contribution is 0.259. The van der Waals surface area contributed by atoms with Crippen LogP contribution in [-0.4, -0.2) is 59.1 Å². The molecule has 1 aliphatic rings.